The van der Waals surface area contributed by atoms with E-state index in [4.69, 9.17) is 9.47 Å². The molecule has 160 valence electrons. The zero-order valence-corrected chi connectivity index (χ0v) is 18.2. The summed E-state index contributed by atoms with van der Waals surface area (Å²) in [7, 11) is 4.66. The first kappa shape index (κ1) is 20.5. The van der Waals surface area contributed by atoms with E-state index in [2.05, 4.69) is 4.98 Å². The Morgan fingerprint density at radius 3 is 2.32 bits per heavy atom. The first-order valence-electron chi connectivity index (χ1n) is 9.84. The highest BCUT2D eigenvalue weighted by molar-refractivity contribution is 5.72. The second-order valence-corrected chi connectivity index (χ2v) is 7.58. The predicted molar refractivity (Wildman–Crippen MR) is 118 cm³/mol. The Morgan fingerprint density at radius 1 is 0.968 bits per heavy atom. The molecule has 0 N–H and O–H groups in total. The Hall–Kier alpha value is -3.81. The Balaban J connectivity index is 1.92. The van der Waals surface area contributed by atoms with Gasteiger partial charge in [0.1, 0.15) is 11.5 Å². The molecule has 2 aromatic heterocycles. The van der Waals surface area contributed by atoms with Gasteiger partial charge in [-0.2, -0.15) is 4.98 Å². The van der Waals surface area contributed by atoms with Gasteiger partial charge in [-0.25, -0.2) is 4.79 Å². The van der Waals surface area contributed by atoms with Crippen molar-refractivity contribution in [2.45, 2.75) is 20.4 Å². The van der Waals surface area contributed by atoms with Crippen molar-refractivity contribution in [3.63, 3.8) is 0 Å². The number of fused-ring (bicyclic) bond motifs is 1. The van der Waals surface area contributed by atoms with Crippen LogP contribution in [0.1, 0.15) is 16.7 Å². The molecular weight excluding hydrogens is 396 g/mol. The number of methoxy groups -OCH3 is 1. The second kappa shape index (κ2) is 7.79. The van der Waals surface area contributed by atoms with E-state index in [9.17, 15) is 9.59 Å². The van der Waals surface area contributed by atoms with E-state index in [1.807, 2.05) is 56.3 Å². The lowest BCUT2D eigenvalue weighted by atomic mass is 10.1. The predicted octanol–water partition coefficient (Wildman–Crippen LogP) is 2.90. The molecule has 0 amide bonds. The van der Waals surface area contributed by atoms with Crippen molar-refractivity contribution >= 4 is 11.2 Å². The summed E-state index contributed by atoms with van der Waals surface area (Å²) >= 11 is 0. The van der Waals surface area contributed by atoms with Gasteiger partial charge in [0.15, 0.2) is 11.2 Å². The van der Waals surface area contributed by atoms with Gasteiger partial charge >= 0.3 is 11.7 Å². The Kier molecular flexibility index (Phi) is 5.14. The molecule has 4 rings (SSSR count). The number of aryl methyl sites for hydroxylation is 3. The van der Waals surface area contributed by atoms with Crippen molar-refractivity contribution in [2.24, 2.45) is 14.1 Å². The SMILES string of the molecule is COc1ccc(Cn2c(Oc3ccc(C)cc3C)nc3c2c(=O)n(C)c(=O)n3C)cc1. The fraction of sp³-hybridized carbons (Fsp3) is 0.261. The third-order valence-corrected chi connectivity index (χ3v) is 5.34. The summed E-state index contributed by atoms with van der Waals surface area (Å²) in [4.78, 5) is 30.0. The van der Waals surface area contributed by atoms with Crippen LogP contribution in [0.2, 0.25) is 0 Å². The minimum absolute atomic E-state index is 0.246. The average molecular weight is 420 g/mol. The van der Waals surface area contributed by atoms with E-state index in [1.165, 1.54) is 11.6 Å². The molecule has 31 heavy (non-hydrogen) atoms. The maximum absolute atomic E-state index is 13.0. The molecule has 2 heterocycles. The molecule has 0 aliphatic rings. The maximum atomic E-state index is 13.0. The summed E-state index contributed by atoms with van der Waals surface area (Å²) in [6.45, 7) is 4.30. The zero-order chi connectivity index (χ0) is 22.3. The lowest BCUT2D eigenvalue weighted by molar-refractivity contribution is 0.413. The fourth-order valence-corrected chi connectivity index (χ4v) is 3.58. The number of imidazole rings is 1. The van der Waals surface area contributed by atoms with Crippen molar-refractivity contribution in [2.75, 3.05) is 7.11 Å². The third kappa shape index (κ3) is 3.61. The van der Waals surface area contributed by atoms with Crippen LogP contribution in [-0.2, 0) is 20.6 Å². The first-order valence-corrected chi connectivity index (χ1v) is 9.84. The second-order valence-electron chi connectivity index (χ2n) is 7.58. The van der Waals surface area contributed by atoms with Crippen LogP contribution < -0.4 is 20.7 Å². The minimum atomic E-state index is -0.440. The number of ether oxygens (including phenoxy) is 2. The van der Waals surface area contributed by atoms with Gasteiger partial charge in [0.2, 0.25) is 0 Å². The van der Waals surface area contributed by atoms with Crippen LogP contribution in [0.4, 0.5) is 0 Å². The number of aromatic nitrogens is 4. The van der Waals surface area contributed by atoms with Crippen LogP contribution in [0, 0.1) is 13.8 Å². The largest absolute Gasteiger partial charge is 0.497 e. The molecule has 0 spiro atoms. The Labute approximate surface area is 178 Å². The number of hydrogen-bond acceptors (Lipinski definition) is 5. The maximum Gasteiger partial charge on any atom is 0.332 e. The van der Waals surface area contributed by atoms with Gasteiger partial charge in [-0.15, -0.1) is 0 Å². The van der Waals surface area contributed by atoms with Gasteiger partial charge in [-0.3, -0.25) is 18.5 Å². The molecule has 2 aromatic carbocycles. The van der Waals surface area contributed by atoms with E-state index in [1.54, 1.807) is 18.7 Å². The summed E-state index contributed by atoms with van der Waals surface area (Å²) in [5.41, 5.74) is 2.72. The molecule has 0 unspecified atom stereocenters. The van der Waals surface area contributed by atoms with Crippen molar-refractivity contribution in [1.82, 2.24) is 18.7 Å². The van der Waals surface area contributed by atoms with Gasteiger partial charge in [0.05, 0.1) is 13.7 Å². The molecule has 0 aliphatic heterocycles. The molecule has 0 saturated carbocycles. The molecule has 0 bridgehead atoms. The minimum Gasteiger partial charge on any atom is -0.497 e. The lowest BCUT2D eigenvalue weighted by Gasteiger charge is -2.12. The molecule has 0 atom stereocenters. The summed E-state index contributed by atoms with van der Waals surface area (Å²) in [6, 6.07) is 13.6. The number of hydrogen-bond donors (Lipinski definition) is 0. The molecule has 0 fully saturated rings. The standard InChI is InChI=1S/C23H24N4O4/c1-14-6-11-18(15(2)12-14)31-22-24-20-19(21(28)26(4)23(29)25(20)3)27(22)13-16-7-9-17(30-5)10-8-16/h6-12H,13H2,1-5H3. The van der Waals surface area contributed by atoms with Crippen molar-refractivity contribution in [3.05, 3.63) is 80.0 Å². The summed E-state index contributed by atoms with van der Waals surface area (Å²) in [6.07, 6.45) is 0. The van der Waals surface area contributed by atoms with E-state index in [0.29, 0.717) is 17.8 Å². The average Bonchev–Trinajstić information content (AvgIpc) is 3.11. The molecule has 0 aliphatic carbocycles. The first-order chi connectivity index (χ1) is 14.8. The normalized spacial score (nSPS) is 11.1. The number of nitrogens with zero attached hydrogens (tertiary/aromatic N) is 4. The molecular formula is C23H24N4O4. The van der Waals surface area contributed by atoms with Crippen LogP contribution in [0.3, 0.4) is 0 Å². The lowest BCUT2D eigenvalue weighted by Crippen LogP contribution is -2.37. The van der Waals surface area contributed by atoms with Gasteiger partial charge in [0.25, 0.3) is 5.56 Å². The van der Waals surface area contributed by atoms with Crippen LogP contribution >= 0.6 is 0 Å². The van der Waals surface area contributed by atoms with E-state index < -0.39 is 11.2 Å². The van der Waals surface area contributed by atoms with Crippen LogP contribution in [0.15, 0.2) is 52.1 Å². The monoisotopic (exact) mass is 420 g/mol. The summed E-state index contributed by atoms with van der Waals surface area (Å²) in [5.74, 6) is 1.38. The van der Waals surface area contributed by atoms with Crippen LogP contribution in [0.5, 0.6) is 17.5 Å². The number of rotatable bonds is 5. The molecule has 8 heteroatoms. The van der Waals surface area contributed by atoms with Crippen molar-refractivity contribution in [1.29, 1.82) is 0 Å². The van der Waals surface area contributed by atoms with E-state index >= 15 is 0 Å². The van der Waals surface area contributed by atoms with E-state index in [-0.39, 0.29) is 11.7 Å². The van der Waals surface area contributed by atoms with Crippen molar-refractivity contribution in [3.8, 4) is 17.5 Å². The molecule has 0 saturated heterocycles. The quantitative estimate of drug-likeness (QED) is 0.496. The highest BCUT2D eigenvalue weighted by Gasteiger charge is 2.21. The highest BCUT2D eigenvalue weighted by atomic mass is 16.5. The third-order valence-electron chi connectivity index (χ3n) is 5.34. The molecule has 4 aromatic rings. The van der Waals surface area contributed by atoms with Crippen LogP contribution in [0.25, 0.3) is 11.2 Å². The zero-order valence-electron chi connectivity index (χ0n) is 18.2. The highest BCUT2D eigenvalue weighted by Crippen LogP contribution is 2.28. The van der Waals surface area contributed by atoms with Crippen molar-refractivity contribution < 1.29 is 9.47 Å². The summed E-state index contributed by atoms with van der Waals surface area (Å²) < 4.78 is 15.5. The smallest absolute Gasteiger partial charge is 0.332 e. The molecule has 8 nitrogen and oxygen atoms in total. The fourth-order valence-electron chi connectivity index (χ4n) is 3.58. The number of benzene rings is 2. The Morgan fingerprint density at radius 2 is 1.68 bits per heavy atom. The van der Waals surface area contributed by atoms with Gasteiger partial charge in [0, 0.05) is 14.1 Å². The molecule has 0 radical (unpaired) electrons. The topological polar surface area (TPSA) is 80.3 Å². The van der Waals surface area contributed by atoms with Gasteiger partial charge < -0.3 is 9.47 Å². The van der Waals surface area contributed by atoms with Gasteiger partial charge in [-0.1, -0.05) is 29.8 Å². The van der Waals surface area contributed by atoms with Gasteiger partial charge in [-0.05, 0) is 43.2 Å². The van der Waals surface area contributed by atoms with E-state index in [0.717, 1.165) is 27.0 Å². The van der Waals surface area contributed by atoms with Crippen LogP contribution in [-0.4, -0.2) is 25.8 Å². The Bertz CT molecular complexity index is 1390. The summed E-state index contributed by atoms with van der Waals surface area (Å²) in [5, 5.41) is 0.